The van der Waals surface area contributed by atoms with E-state index in [2.05, 4.69) is 16.5 Å². The summed E-state index contributed by atoms with van der Waals surface area (Å²) < 4.78 is 1.83. The minimum atomic E-state index is 1.12. The molecular weight excluding hydrogens is 132 g/mol. The second kappa shape index (κ2) is 1.57. The fourth-order valence-corrected chi connectivity index (χ4v) is 1.64. The second-order valence-corrected chi connectivity index (χ2v) is 2.88. The summed E-state index contributed by atoms with van der Waals surface area (Å²) in [5.74, 6) is 0. The topological polar surface area (TPSA) is 17.8 Å². The molecular formula is C6H6N2S. The quantitative estimate of drug-likeness (QED) is 0.541. The summed E-state index contributed by atoms with van der Waals surface area (Å²) in [5.41, 5.74) is 0. The Morgan fingerprint density at radius 1 is 1.67 bits per heavy atom. The smallest absolute Gasteiger partial charge is 0.145 e. The molecule has 2 aromatic heterocycles. The van der Waals surface area contributed by atoms with Gasteiger partial charge in [-0.15, -0.1) is 11.3 Å². The molecule has 0 bridgehead atoms. The van der Waals surface area contributed by atoms with E-state index < -0.39 is 0 Å². The van der Waals surface area contributed by atoms with Crippen LogP contribution >= 0.6 is 11.3 Å². The second-order valence-electron chi connectivity index (χ2n) is 1.98. The lowest BCUT2D eigenvalue weighted by atomic mass is 10.5. The van der Waals surface area contributed by atoms with Crippen molar-refractivity contribution in [1.82, 2.24) is 9.78 Å². The summed E-state index contributed by atoms with van der Waals surface area (Å²) in [6.07, 6.45) is 2.02. The van der Waals surface area contributed by atoms with Crippen molar-refractivity contribution in [2.75, 3.05) is 0 Å². The first-order valence-corrected chi connectivity index (χ1v) is 3.61. The van der Waals surface area contributed by atoms with Crippen LogP contribution in [-0.4, -0.2) is 9.78 Å². The standard InChI is InChI=1S/C6H6N2S/c1-8-4-5-2-3-9-6(5)7-8/h2-4H,1H3. The third-order valence-corrected chi connectivity index (χ3v) is 2.06. The maximum atomic E-state index is 4.21. The largest absolute Gasteiger partial charge is 0.274 e. The molecule has 0 spiro atoms. The molecule has 0 saturated carbocycles. The molecule has 3 heteroatoms. The summed E-state index contributed by atoms with van der Waals surface area (Å²) in [7, 11) is 1.94. The van der Waals surface area contributed by atoms with Crippen LogP contribution in [0.1, 0.15) is 0 Å². The molecule has 0 fully saturated rings. The van der Waals surface area contributed by atoms with Crippen LogP contribution in [0.15, 0.2) is 17.6 Å². The highest BCUT2D eigenvalue weighted by molar-refractivity contribution is 7.16. The van der Waals surface area contributed by atoms with Crippen molar-refractivity contribution >= 4 is 21.6 Å². The van der Waals surface area contributed by atoms with Crippen LogP contribution in [0.2, 0.25) is 0 Å². The maximum absolute atomic E-state index is 4.21. The van der Waals surface area contributed by atoms with Crippen LogP contribution in [0.25, 0.3) is 10.2 Å². The molecule has 0 aliphatic rings. The predicted molar refractivity (Wildman–Crippen MR) is 38.6 cm³/mol. The third-order valence-electron chi connectivity index (χ3n) is 1.25. The summed E-state index contributed by atoms with van der Waals surface area (Å²) >= 11 is 1.68. The van der Waals surface area contributed by atoms with Gasteiger partial charge in [-0.1, -0.05) is 0 Å². The summed E-state index contributed by atoms with van der Waals surface area (Å²) in [5, 5.41) is 7.50. The Bertz CT molecular complexity index is 292. The van der Waals surface area contributed by atoms with Crippen molar-refractivity contribution in [3.05, 3.63) is 17.6 Å². The molecule has 0 N–H and O–H groups in total. The number of hydrogen-bond acceptors (Lipinski definition) is 2. The van der Waals surface area contributed by atoms with E-state index in [1.54, 1.807) is 11.3 Å². The van der Waals surface area contributed by atoms with Crippen molar-refractivity contribution in [3.63, 3.8) is 0 Å². The van der Waals surface area contributed by atoms with Crippen LogP contribution in [0.5, 0.6) is 0 Å². The molecule has 2 nitrogen and oxygen atoms in total. The monoisotopic (exact) mass is 138 g/mol. The average Bonchev–Trinajstić information content (AvgIpc) is 2.22. The Morgan fingerprint density at radius 3 is 3.33 bits per heavy atom. The molecule has 0 aliphatic carbocycles. The highest BCUT2D eigenvalue weighted by Gasteiger charge is 1.95. The van der Waals surface area contributed by atoms with Gasteiger partial charge in [-0.25, -0.2) is 0 Å². The van der Waals surface area contributed by atoms with Gasteiger partial charge in [0.2, 0.25) is 0 Å². The fourth-order valence-electron chi connectivity index (χ4n) is 0.864. The normalized spacial score (nSPS) is 10.8. The van der Waals surface area contributed by atoms with Gasteiger partial charge in [0.25, 0.3) is 0 Å². The minimum Gasteiger partial charge on any atom is -0.274 e. The molecule has 2 aromatic rings. The van der Waals surface area contributed by atoms with Gasteiger partial charge in [0.1, 0.15) is 4.83 Å². The van der Waals surface area contributed by atoms with Crippen molar-refractivity contribution in [3.8, 4) is 0 Å². The molecule has 46 valence electrons. The van der Waals surface area contributed by atoms with Gasteiger partial charge >= 0.3 is 0 Å². The van der Waals surface area contributed by atoms with Gasteiger partial charge in [0.05, 0.1) is 0 Å². The van der Waals surface area contributed by atoms with Gasteiger partial charge in [0.15, 0.2) is 0 Å². The molecule has 2 rings (SSSR count). The first-order valence-electron chi connectivity index (χ1n) is 2.73. The Balaban J connectivity index is 2.92. The highest BCUT2D eigenvalue weighted by Crippen LogP contribution is 2.16. The molecule has 2 heterocycles. The van der Waals surface area contributed by atoms with E-state index in [1.807, 2.05) is 17.9 Å². The molecule has 0 aliphatic heterocycles. The minimum absolute atomic E-state index is 1.12. The zero-order chi connectivity index (χ0) is 6.27. The number of rotatable bonds is 0. The van der Waals surface area contributed by atoms with Crippen LogP contribution in [0, 0.1) is 0 Å². The lowest BCUT2D eigenvalue weighted by Gasteiger charge is -1.79. The number of fused-ring (bicyclic) bond motifs is 1. The van der Waals surface area contributed by atoms with E-state index >= 15 is 0 Å². The van der Waals surface area contributed by atoms with E-state index in [1.165, 1.54) is 5.39 Å². The van der Waals surface area contributed by atoms with E-state index in [4.69, 9.17) is 0 Å². The molecule has 0 saturated heterocycles. The SMILES string of the molecule is Cn1cc2ccsc2n1. The third kappa shape index (κ3) is 0.650. The van der Waals surface area contributed by atoms with Gasteiger partial charge in [-0.2, -0.15) is 5.10 Å². The molecule has 0 radical (unpaired) electrons. The van der Waals surface area contributed by atoms with E-state index in [0.29, 0.717) is 0 Å². The van der Waals surface area contributed by atoms with Gasteiger partial charge in [-0.3, -0.25) is 4.68 Å². The average molecular weight is 138 g/mol. The fraction of sp³-hybridized carbons (Fsp3) is 0.167. The Labute approximate surface area is 56.7 Å². The van der Waals surface area contributed by atoms with Crippen LogP contribution < -0.4 is 0 Å². The van der Waals surface area contributed by atoms with Gasteiger partial charge in [-0.05, 0) is 11.4 Å². The maximum Gasteiger partial charge on any atom is 0.145 e. The van der Waals surface area contributed by atoms with Crippen LogP contribution in [-0.2, 0) is 7.05 Å². The van der Waals surface area contributed by atoms with Crippen molar-refractivity contribution in [2.45, 2.75) is 0 Å². The Morgan fingerprint density at radius 2 is 2.56 bits per heavy atom. The van der Waals surface area contributed by atoms with E-state index in [-0.39, 0.29) is 0 Å². The van der Waals surface area contributed by atoms with Crippen molar-refractivity contribution < 1.29 is 0 Å². The zero-order valence-electron chi connectivity index (χ0n) is 5.03. The lowest BCUT2D eigenvalue weighted by molar-refractivity contribution is 0.781. The van der Waals surface area contributed by atoms with E-state index in [0.717, 1.165) is 4.83 Å². The number of hydrogen-bond donors (Lipinski definition) is 0. The van der Waals surface area contributed by atoms with Gasteiger partial charge in [0, 0.05) is 18.6 Å². The van der Waals surface area contributed by atoms with Crippen molar-refractivity contribution in [2.24, 2.45) is 7.05 Å². The summed E-state index contributed by atoms with van der Waals surface area (Å²) in [6, 6.07) is 2.08. The molecule has 0 amide bonds. The van der Waals surface area contributed by atoms with E-state index in [9.17, 15) is 0 Å². The lowest BCUT2D eigenvalue weighted by Crippen LogP contribution is -1.84. The number of nitrogens with zero attached hydrogens (tertiary/aromatic N) is 2. The van der Waals surface area contributed by atoms with Crippen LogP contribution in [0.3, 0.4) is 0 Å². The summed E-state index contributed by atoms with van der Waals surface area (Å²) in [6.45, 7) is 0. The van der Waals surface area contributed by atoms with Gasteiger partial charge < -0.3 is 0 Å². The number of aryl methyl sites for hydroxylation is 1. The van der Waals surface area contributed by atoms with Crippen molar-refractivity contribution in [1.29, 1.82) is 0 Å². The summed E-state index contributed by atoms with van der Waals surface area (Å²) in [4.78, 5) is 1.12. The molecule has 0 unspecified atom stereocenters. The zero-order valence-corrected chi connectivity index (χ0v) is 5.85. The number of thiophene rings is 1. The molecule has 0 aromatic carbocycles. The Kier molecular flexibility index (Phi) is 0.873. The highest BCUT2D eigenvalue weighted by atomic mass is 32.1. The predicted octanol–water partition coefficient (Wildman–Crippen LogP) is 1.63. The first-order chi connectivity index (χ1) is 4.36. The number of aromatic nitrogens is 2. The molecule has 9 heavy (non-hydrogen) atoms. The Hall–Kier alpha value is -0.830. The first kappa shape index (κ1) is 4.99. The van der Waals surface area contributed by atoms with Crippen LogP contribution in [0.4, 0.5) is 0 Å². The molecule has 0 atom stereocenters.